The second-order valence-corrected chi connectivity index (χ2v) is 9.07. The number of carbonyl (C=O) groups is 2. The average molecular weight is 520 g/mol. The van der Waals surface area contributed by atoms with Crippen LogP contribution in [-0.2, 0) is 11.3 Å². The van der Waals surface area contributed by atoms with Gasteiger partial charge in [0.15, 0.2) is 0 Å². The monoisotopic (exact) mass is 519 g/mol. The van der Waals surface area contributed by atoms with Gasteiger partial charge in [0, 0.05) is 68.5 Å². The van der Waals surface area contributed by atoms with E-state index in [9.17, 15) is 9.59 Å². The van der Waals surface area contributed by atoms with Crippen molar-refractivity contribution in [3.8, 4) is 11.3 Å². The topological polar surface area (TPSA) is 176 Å². The zero-order chi connectivity index (χ0) is 26.9. The largest absolute Gasteiger partial charge is 0.480 e. The fourth-order valence-electron chi connectivity index (χ4n) is 4.26. The summed E-state index contributed by atoms with van der Waals surface area (Å²) in [4.78, 5) is 40.5. The van der Waals surface area contributed by atoms with Gasteiger partial charge in [0.05, 0.1) is 12.2 Å². The van der Waals surface area contributed by atoms with Crippen LogP contribution in [-0.4, -0.2) is 87.5 Å². The molecule has 3 heterocycles. The molecule has 1 aliphatic rings. The second-order valence-electron chi connectivity index (χ2n) is 9.07. The molecule has 1 saturated heterocycles. The number of hydrogen-bond acceptors (Lipinski definition) is 10. The van der Waals surface area contributed by atoms with Gasteiger partial charge in [-0.15, -0.1) is 0 Å². The average Bonchev–Trinajstić information content (AvgIpc) is 2.90. The minimum atomic E-state index is -0.830. The first-order chi connectivity index (χ1) is 18.4. The van der Waals surface area contributed by atoms with Gasteiger partial charge >= 0.3 is 5.97 Å². The maximum atomic E-state index is 12.1. The van der Waals surface area contributed by atoms with Crippen molar-refractivity contribution in [1.82, 2.24) is 24.8 Å². The van der Waals surface area contributed by atoms with Crippen LogP contribution in [0.5, 0.6) is 0 Å². The molecular formula is C26H33N9O3. The van der Waals surface area contributed by atoms with E-state index in [1.54, 1.807) is 24.5 Å². The molecule has 1 amide bonds. The second kappa shape index (κ2) is 12.9. The fraction of sp³-hybridized carbons (Fsp3) is 0.346. The molecule has 1 aromatic carbocycles. The molecule has 0 atom stereocenters. The van der Waals surface area contributed by atoms with E-state index in [1.807, 2.05) is 29.2 Å². The summed E-state index contributed by atoms with van der Waals surface area (Å²) in [7, 11) is 0. The quantitative estimate of drug-likeness (QED) is 0.218. The van der Waals surface area contributed by atoms with Gasteiger partial charge < -0.3 is 27.2 Å². The van der Waals surface area contributed by atoms with Crippen LogP contribution in [0.15, 0.2) is 48.8 Å². The van der Waals surface area contributed by atoms with Crippen molar-refractivity contribution in [3.05, 3.63) is 59.9 Å². The number of rotatable bonds is 12. The maximum absolute atomic E-state index is 12.1. The molecule has 12 heteroatoms. The number of carbonyl (C=O) groups excluding carboxylic acids is 1. The number of aromatic nitrogens is 3. The van der Waals surface area contributed by atoms with Gasteiger partial charge in [-0.05, 0) is 54.9 Å². The summed E-state index contributed by atoms with van der Waals surface area (Å²) < 4.78 is 0. The van der Waals surface area contributed by atoms with Gasteiger partial charge in [0.1, 0.15) is 5.82 Å². The molecule has 0 unspecified atom stereocenters. The SMILES string of the molecule is NCCCNc1ccc(-c2ccnc(Nc3ccc(C(N)=O)c(CN4CCN(CC(=O)O)CC4)c3)n2)cn1. The Bertz CT molecular complexity index is 1240. The minimum absolute atomic E-state index is 0.0325. The van der Waals surface area contributed by atoms with Gasteiger partial charge in [-0.25, -0.2) is 15.0 Å². The molecule has 0 radical (unpaired) electrons. The molecule has 1 fully saturated rings. The number of carboxylic acid groups (broad SMARTS) is 1. The molecule has 3 aromatic rings. The van der Waals surface area contributed by atoms with E-state index in [0.717, 1.165) is 41.3 Å². The summed E-state index contributed by atoms with van der Waals surface area (Å²) in [6.45, 7) is 4.64. The summed E-state index contributed by atoms with van der Waals surface area (Å²) in [5.41, 5.74) is 14.7. The van der Waals surface area contributed by atoms with Crippen molar-refractivity contribution in [2.24, 2.45) is 11.5 Å². The zero-order valence-corrected chi connectivity index (χ0v) is 21.1. The predicted molar refractivity (Wildman–Crippen MR) is 145 cm³/mol. The molecule has 2 aromatic heterocycles. The van der Waals surface area contributed by atoms with Crippen molar-refractivity contribution in [1.29, 1.82) is 0 Å². The van der Waals surface area contributed by atoms with Crippen molar-refractivity contribution in [2.75, 3.05) is 56.4 Å². The molecule has 0 bridgehead atoms. The Hall–Kier alpha value is -4.13. The zero-order valence-electron chi connectivity index (χ0n) is 21.1. The van der Waals surface area contributed by atoms with Crippen molar-refractivity contribution < 1.29 is 14.7 Å². The lowest BCUT2D eigenvalue weighted by atomic mass is 10.0. The molecule has 7 N–H and O–H groups in total. The Morgan fingerprint density at radius 2 is 1.82 bits per heavy atom. The minimum Gasteiger partial charge on any atom is -0.480 e. The number of nitrogens with zero attached hydrogens (tertiary/aromatic N) is 5. The first kappa shape index (κ1) is 26.9. The Morgan fingerprint density at radius 3 is 2.50 bits per heavy atom. The van der Waals surface area contributed by atoms with Crippen molar-refractivity contribution >= 4 is 29.3 Å². The lowest BCUT2D eigenvalue weighted by Crippen LogP contribution is -2.47. The van der Waals surface area contributed by atoms with Crippen LogP contribution in [0.4, 0.5) is 17.5 Å². The standard InChI is InChI=1S/C26H33N9O3/c27-7-1-8-29-23-5-2-18(15-31-23)22-6-9-30-26(33-22)32-20-3-4-21(25(28)38)19(14-20)16-34-10-12-35(13-11-34)17-24(36)37/h2-6,9,14-15H,1,7-8,10-13,16-17,27H2,(H2,28,38)(H,29,31)(H,36,37)(H,30,32,33). The van der Waals surface area contributed by atoms with Crippen molar-refractivity contribution in [3.63, 3.8) is 0 Å². The van der Waals surface area contributed by atoms with Gasteiger partial charge in [-0.3, -0.25) is 19.4 Å². The summed E-state index contributed by atoms with van der Waals surface area (Å²) in [6.07, 6.45) is 4.30. The molecule has 12 nitrogen and oxygen atoms in total. The predicted octanol–water partition coefficient (Wildman–Crippen LogP) is 1.34. The lowest BCUT2D eigenvalue weighted by molar-refractivity contribution is -0.138. The van der Waals surface area contributed by atoms with Gasteiger partial charge in [-0.2, -0.15) is 0 Å². The van der Waals surface area contributed by atoms with E-state index in [1.165, 1.54) is 0 Å². The van der Waals surface area contributed by atoms with Crippen LogP contribution in [0, 0.1) is 0 Å². The third kappa shape index (κ3) is 7.44. The summed E-state index contributed by atoms with van der Waals surface area (Å²) in [6, 6.07) is 11.0. The highest BCUT2D eigenvalue weighted by molar-refractivity contribution is 5.94. The highest BCUT2D eigenvalue weighted by Gasteiger charge is 2.20. The van der Waals surface area contributed by atoms with E-state index in [-0.39, 0.29) is 6.54 Å². The number of primary amides is 1. The summed E-state index contributed by atoms with van der Waals surface area (Å²) in [5, 5.41) is 15.5. The Morgan fingerprint density at radius 1 is 1.03 bits per heavy atom. The molecule has 4 rings (SSSR count). The smallest absolute Gasteiger partial charge is 0.317 e. The Balaban J connectivity index is 1.44. The highest BCUT2D eigenvalue weighted by Crippen LogP contribution is 2.23. The van der Waals surface area contributed by atoms with Gasteiger partial charge in [0.25, 0.3) is 0 Å². The molecular weight excluding hydrogens is 486 g/mol. The van der Waals surface area contributed by atoms with E-state index >= 15 is 0 Å². The maximum Gasteiger partial charge on any atom is 0.317 e. The van der Waals surface area contributed by atoms with Gasteiger partial charge in [0.2, 0.25) is 11.9 Å². The number of nitrogens with two attached hydrogens (primary N) is 2. The van der Waals surface area contributed by atoms with Crippen LogP contribution in [0.25, 0.3) is 11.3 Å². The lowest BCUT2D eigenvalue weighted by Gasteiger charge is -2.34. The number of aliphatic carboxylic acids is 1. The molecule has 38 heavy (non-hydrogen) atoms. The van der Waals surface area contributed by atoms with Crippen LogP contribution in [0.2, 0.25) is 0 Å². The number of amides is 1. The number of nitrogens with one attached hydrogen (secondary N) is 2. The van der Waals surface area contributed by atoms with Crippen LogP contribution < -0.4 is 22.1 Å². The number of anilines is 3. The third-order valence-corrected chi connectivity index (χ3v) is 6.25. The van der Waals surface area contributed by atoms with E-state index < -0.39 is 11.9 Å². The first-order valence-corrected chi connectivity index (χ1v) is 12.5. The van der Waals surface area contributed by atoms with Crippen molar-refractivity contribution in [2.45, 2.75) is 13.0 Å². The molecule has 0 saturated carbocycles. The fourth-order valence-corrected chi connectivity index (χ4v) is 4.26. The normalized spacial score (nSPS) is 14.2. The number of hydrogen-bond donors (Lipinski definition) is 5. The van der Waals surface area contributed by atoms with Crippen LogP contribution in [0.3, 0.4) is 0 Å². The number of pyridine rings is 1. The molecule has 200 valence electrons. The third-order valence-electron chi connectivity index (χ3n) is 6.25. The molecule has 0 spiro atoms. The number of piperazine rings is 1. The summed E-state index contributed by atoms with van der Waals surface area (Å²) in [5.74, 6) is -0.140. The van der Waals surface area contributed by atoms with E-state index in [4.69, 9.17) is 16.6 Å². The van der Waals surface area contributed by atoms with E-state index in [2.05, 4.69) is 30.5 Å². The number of benzene rings is 1. The van der Waals surface area contributed by atoms with Crippen LogP contribution >= 0.6 is 0 Å². The van der Waals surface area contributed by atoms with Crippen LogP contribution in [0.1, 0.15) is 22.3 Å². The summed E-state index contributed by atoms with van der Waals surface area (Å²) >= 11 is 0. The molecule has 1 aliphatic heterocycles. The molecule has 0 aliphatic carbocycles. The number of carboxylic acids is 1. The first-order valence-electron chi connectivity index (χ1n) is 12.5. The van der Waals surface area contributed by atoms with E-state index in [0.29, 0.717) is 50.8 Å². The Kier molecular flexibility index (Phi) is 9.14. The highest BCUT2D eigenvalue weighted by atomic mass is 16.4. The van der Waals surface area contributed by atoms with Gasteiger partial charge in [-0.1, -0.05) is 0 Å². The Labute approximate surface area is 221 Å².